The molecule has 0 spiro atoms. The maximum absolute atomic E-state index is 12.3. The van der Waals surface area contributed by atoms with E-state index in [1.165, 1.54) is 11.3 Å². The average Bonchev–Trinajstić information content (AvgIpc) is 2.84. The minimum Gasteiger partial charge on any atom is -0.462 e. The lowest BCUT2D eigenvalue weighted by molar-refractivity contribution is -0.118. The fraction of sp³-hybridized carbons (Fsp3) is 0.625. The molecule has 0 bridgehead atoms. The summed E-state index contributed by atoms with van der Waals surface area (Å²) in [6.45, 7) is 9.15. The number of nitrogens with one attached hydrogen (secondary N) is 1. The highest BCUT2D eigenvalue weighted by atomic mass is 32.1. The summed E-state index contributed by atoms with van der Waals surface area (Å²) in [5.41, 5.74) is 1.39. The third-order valence-corrected chi connectivity index (χ3v) is 5.12. The number of carbonyl (C=O) groups excluding carboxylic acids is 2. The number of hydrogen-bond acceptors (Lipinski definition) is 6. The highest BCUT2D eigenvalue weighted by molar-refractivity contribution is 7.17. The van der Waals surface area contributed by atoms with Gasteiger partial charge in [0.05, 0.1) is 31.9 Å². The van der Waals surface area contributed by atoms with Crippen LogP contribution in [0.3, 0.4) is 0 Å². The number of carbonyl (C=O) groups is 2. The van der Waals surface area contributed by atoms with Crippen LogP contribution < -0.4 is 5.32 Å². The molecule has 7 heteroatoms. The second kappa shape index (κ2) is 8.42. The molecule has 1 saturated heterocycles. The lowest BCUT2D eigenvalue weighted by Crippen LogP contribution is -2.41. The van der Waals surface area contributed by atoms with Gasteiger partial charge in [0.25, 0.3) is 0 Å². The van der Waals surface area contributed by atoms with Gasteiger partial charge in [0.15, 0.2) is 0 Å². The monoisotopic (exact) mass is 340 g/mol. The Bertz CT molecular complexity index is 565. The van der Waals surface area contributed by atoms with Crippen molar-refractivity contribution in [2.75, 3.05) is 44.8 Å². The summed E-state index contributed by atoms with van der Waals surface area (Å²) in [6.07, 6.45) is 0.822. The van der Waals surface area contributed by atoms with Crippen LogP contribution in [-0.4, -0.2) is 56.2 Å². The summed E-state index contributed by atoms with van der Waals surface area (Å²) in [7, 11) is 0. The molecule has 1 aromatic rings. The highest BCUT2D eigenvalue weighted by Crippen LogP contribution is 2.34. The third-order valence-electron chi connectivity index (χ3n) is 3.77. The molecule has 128 valence electrons. The van der Waals surface area contributed by atoms with E-state index in [1.54, 1.807) is 6.92 Å². The van der Waals surface area contributed by atoms with E-state index in [4.69, 9.17) is 9.47 Å². The number of morpholine rings is 1. The predicted octanol–water partition coefficient (Wildman–Crippen LogP) is 2.07. The zero-order chi connectivity index (χ0) is 16.8. The van der Waals surface area contributed by atoms with Crippen LogP contribution in [0.25, 0.3) is 0 Å². The molecule has 23 heavy (non-hydrogen) atoms. The second-order valence-corrected chi connectivity index (χ2v) is 6.47. The topological polar surface area (TPSA) is 67.9 Å². The predicted molar refractivity (Wildman–Crippen MR) is 90.3 cm³/mol. The summed E-state index contributed by atoms with van der Waals surface area (Å²) in [5, 5.41) is 3.48. The first-order valence-corrected chi connectivity index (χ1v) is 8.77. The van der Waals surface area contributed by atoms with Crippen LogP contribution >= 0.6 is 11.3 Å². The number of aryl methyl sites for hydroxylation is 1. The molecule has 0 radical (unpaired) electrons. The van der Waals surface area contributed by atoms with Gasteiger partial charge in [0, 0.05) is 18.0 Å². The number of esters is 1. The van der Waals surface area contributed by atoms with Crippen molar-refractivity contribution in [1.82, 2.24) is 4.90 Å². The number of amides is 1. The van der Waals surface area contributed by atoms with Crippen molar-refractivity contribution in [2.24, 2.45) is 0 Å². The molecule has 1 aromatic heterocycles. The lowest BCUT2D eigenvalue weighted by atomic mass is 10.1. The van der Waals surface area contributed by atoms with Crippen LogP contribution in [0.5, 0.6) is 0 Å². The summed E-state index contributed by atoms with van der Waals surface area (Å²) >= 11 is 1.45. The fourth-order valence-corrected chi connectivity index (χ4v) is 3.71. The van der Waals surface area contributed by atoms with E-state index in [1.807, 2.05) is 18.7 Å². The molecule has 1 N–H and O–H groups in total. The molecule has 1 amide bonds. The number of thiophene rings is 1. The second-order valence-electron chi connectivity index (χ2n) is 5.37. The molecule has 2 rings (SSSR count). The molecule has 6 nitrogen and oxygen atoms in total. The molecule has 0 aliphatic carbocycles. The first-order chi connectivity index (χ1) is 11.1. The normalized spacial score (nSPS) is 15.4. The van der Waals surface area contributed by atoms with Crippen molar-refractivity contribution in [3.8, 4) is 0 Å². The maximum atomic E-state index is 12.3. The quantitative estimate of drug-likeness (QED) is 0.803. The first kappa shape index (κ1) is 17.9. The van der Waals surface area contributed by atoms with Crippen molar-refractivity contribution in [1.29, 1.82) is 0 Å². The fourth-order valence-electron chi connectivity index (χ4n) is 2.56. The van der Waals surface area contributed by atoms with Crippen LogP contribution in [-0.2, 0) is 20.7 Å². The van der Waals surface area contributed by atoms with Crippen molar-refractivity contribution >= 4 is 28.2 Å². The van der Waals surface area contributed by atoms with Crippen molar-refractivity contribution in [3.63, 3.8) is 0 Å². The van der Waals surface area contributed by atoms with Crippen LogP contribution in [0.15, 0.2) is 0 Å². The molecule has 1 aliphatic heterocycles. The van der Waals surface area contributed by atoms with Gasteiger partial charge in [-0.05, 0) is 25.8 Å². The molecule has 1 fully saturated rings. The van der Waals surface area contributed by atoms with E-state index in [0.717, 1.165) is 30.0 Å². The van der Waals surface area contributed by atoms with Gasteiger partial charge in [-0.2, -0.15) is 0 Å². The zero-order valence-electron chi connectivity index (χ0n) is 13.9. The molecule has 0 aromatic carbocycles. The molecule has 0 unspecified atom stereocenters. The summed E-state index contributed by atoms with van der Waals surface area (Å²) < 4.78 is 10.4. The van der Waals surface area contributed by atoms with Gasteiger partial charge >= 0.3 is 5.97 Å². The van der Waals surface area contributed by atoms with E-state index in [0.29, 0.717) is 36.9 Å². The number of ether oxygens (including phenoxy) is 2. The van der Waals surface area contributed by atoms with Crippen molar-refractivity contribution < 1.29 is 19.1 Å². The van der Waals surface area contributed by atoms with Crippen LogP contribution in [0.1, 0.15) is 34.6 Å². The molecule has 1 aliphatic rings. The maximum Gasteiger partial charge on any atom is 0.341 e. The Morgan fingerprint density at radius 1 is 1.30 bits per heavy atom. The van der Waals surface area contributed by atoms with E-state index < -0.39 is 0 Å². The summed E-state index contributed by atoms with van der Waals surface area (Å²) in [5.74, 6) is -0.482. The van der Waals surface area contributed by atoms with Gasteiger partial charge in [-0.25, -0.2) is 4.79 Å². The number of rotatable bonds is 6. The zero-order valence-corrected chi connectivity index (χ0v) is 14.8. The van der Waals surface area contributed by atoms with Gasteiger partial charge in [0.1, 0.15) is 5.00 Å². The Morgan fingerprint density at radius 2 is 2.00 bits per heavy atom. The molecular formula is C16H24N2O4S. The standard InChI is InChI=1S/C16H24N2O4S/c1-4-12-11(3)14(16(20)22-5-2)15(23-12)17-13(19)10-18-6-8-21-9-7-18/h4-10H2,1-3H3,(H,17,19). The van der Waals surface area contributed by atoms with Crippen LogP contribution in [0.4, 0.5) is 5.00 Å². The third kappa shape index (κ3) is 4.53. The molecular weight excluding hydrogens is 316 g/mol. The van der Waals surface area contributed by atoms with Crippen LogP contribution in [0.2, 0.25) is 0 Å². The van der Waals surface area contributed by atoms with Crippen molar-refractivity contribution in [2.45, 2.75) is 27.2 Å². The Labute approximate surface area is 140 Å². The van der Waals surface area contributed by atoms with Crippen LogP contribution in [0, 0.1) is 6.92 Å². The van der Waals surface area contributed by atoms with E-state index in [9.17, 15) is 9.59 Å². The number of hydrogen-bond donors (Lipinski definition) is 1. The average molecular weight is 340 g/mol. The first-order valence-electron chi connectivity index (χ1n) is 7.96. The lowest BCUT2D eigenvalue weighted by Gasteiger charge is -2.25. The SMILES string of the molecule is CCOC(=O)c1c(NC(=O)CN2CCOCC2)sc(CC)c1C. The Kier molecular flexibility index (Phi) is 6.56. The van der Waals surface area contributed by atoms with E-state index in [-0.39, 0.29) is 11.9 Å². The Hall–Kier alpha value is -1.44. The van der Waals surface area contributed by atoms with Crippen molar-refractivity contribution in [3.05, 3.63) is 16.0 Å². The molecule has 0 atom stereocenters. The van der Waals surface area contributed by atoms with Gasteiger partial charge < -0.3 is 14.8 Å². The number of nitrogens with zero attached hydrogens (tertiary/aromatic N) is 1. The highest BCUT2D eigenvalue weighted by Gasteiger charge is 2.23. The molecule has 0 saturated carbocycles. The molecule has 2 heterocycles. The van der Waals surface area contributed by atoms with E-state index in [2.05, 4.69) is 5.32 Å². The largest absolute Gasteiger partial charge is 0.462 e. The minimum atomic E-state index is -0.373. The van der Waals surface area contributed by atoms with Gasteiger partial charge in [-0.15, -0.1) is 11.3 Å². The smallest absolute Gasteiger partial charge is 0.341 e. The minimum absolute atomic E-state index is 0.110. The van der Waals surface area contributed by atoms with E-state index >= 15 is 0 Å². The summed E-state index contributed by atoms with van der Waals surface area (Å²) in [6, 6.07) is 0. The summed E-state index contributed by atoms with van der Waals surface area (Å²) in [4.78, 5) is 27.6. The van der Waals surface area contributed by atoms with Gasteiger partial charge in [0.2, 0.25) is 5.91 Å². The Balaban J connectivity index is 2.11. The van der Waals surface area contributed by atoms with Gasteiger partial charge in [-0.1, -0.05) is 6.92 Å². The Morgan fingerprint density at radius 3 is 2.61 bits per heavy atom. The van der Waals surface area contributed by atoms with Gasteiger partial charge in [-0.3, -0.25) is 9.69 Å². The number of anilines is 1.